The predicted molar refractivity (Wildman–Crippen MR) is 138 cm³/mol. The zero-order valence-electron chi connectivity index (χ0n) is 19.9. The van der Waals surface area contributed by atoms with Gasteiger partial charge >= 0.3 is 0 Å². The number of phenolic OH excluding ortho intramolecular Hbond substituents is 2. The standard InChI is InChI=1S/C30H31NO4/c32-23-11-15-25-22(20-23)10-14-27(26-6-2-3-7-28(26)33)29(25)30(34)21-8-12-24(13-9-21)35-19-18-31-16-4-1-5-17-31/h2-3,6-9,11-13,15,20,32-33H,1,4-5,10,14,16-19H2. The van der Waals surface area contributed by atoms with Gasteiger partial charge in [-0.3, -0.25) is 9.69 Å². The highest BCUT2D eigenvalue weighted by Gasteiger charge is 2.27. The van der Waals surface area contributed by atoms with Gasteiger partial charge in [0.15, 0.2) is 5.78 Å². The highest BCUT2D eigenvalue weighted by Crippen LogP contribution is 2.42. The number of aromatic hydroxyl groups is 2. The van der Waals surface area contributed by atoms with Gasteiger partial charge in [-0.15, -0.1) is 0 Å². The maximum Gasteiger partial charge on any atom is 0.193 e. The fourth-order valence-corrected chi connectivity index (χ4v) is 5.16. The van der Waals surface area contributed by atoms with Crippen LogP contribution >= 0.6 is 0 Å². The van der Waals surface area contributed by atoms with E-state index in [-0.39, 0.29) is 17.3 Å². The van der Waals surface area contributed by atoms with Crippen LogP contribution in [-0.4, -0.2) is 47.1 Å². The van der Waals surface area contributed by atoms with E-state index in [1.807, 2.05) is 36.4 Å². The number of para-hydroxylation sites is 1. The van der Waals surface area contributed by atoms with E-state index in [9.17, 15) is 15.0 Å². The minimum absolute atomic E-state index is 0.102. The molecular formula is C30H31NO4. The number of rotatable bonds is 7. The van der Waals surface area contributed by atoms with Gasteiger partial charge in [-0.1, -0.05) is 30.7 Å². The Balaban J connectivity index is 1.41. The van der Waals surface area contributed by atoms with Gasteiger partial charge in [0, 0.05) is 23.2 Å². The van der Waals surface area contributed by atoms with E-state index in [2.05, 4.69) is 4.90 Å². The summed E-state index contributed by atoms with van der Waals surface area (Å²) in [5.41, 5.74) is 4.38. The number of ketones is 1. The van der Waals surface area contributed by atoms with E-state index in [1.165, 1.54) is 19.3 Å². The number of hydrogen-bond acceptors (Lipinski definition) is 5. The van der Waals surface area contributed by atoms with E-state index < -0.39 is 0 Å². The summed E-state index contributed by atoms with van der Waals surface area (Å²) in [5.74, 6) is 0.997. The number of Topliss-reactive ketones (excluding diaryl/α,β-unsaturated/α-hetero) is 1. The third kappa shape index (κ3) is 5.10. The fourth-order valence-electron chi connectivity index (χ4n) is 5.16. The molecular weight excluding hydrogens is 438 g/mol. The molecule has 1 heterocycles. The van der Waals surface area contributed by atoms with E-state index >= 15 is 0 Å². The Kier molecular flexibility index (Phi) is 6.87. The van der Waals surface area contributed by atoms with Crippen LogP contribution in [0.2, 0.25) is 0 Å². The Morgan fingerprint density at radius 2 is 1.63 bits per heavy atom. The molecule has 0 radical (unpaired) electrons. The van der Waals surface area contributed by atoms with Gasteiger partial charge in [-0.2, -0.15) is 0 Å². The molecule has 180 valence electrons. The number of phenols is 2. The lowest BCUT2D eigenvalue weighted by Crippen LogP contribution is -2.33. The molecule has 2 N–H and O–H groups in total. The summed E-state index contributed by atoms with van der Waals surface area (Å²) in [7, 11) is 0. The lowest BCUT2D eigenvalue weighted by Gasteiger charge is -2.26. The van der Waals surface area contributed by atoms with Gasteiger partial charge in [0.2, 0.25) is 0 Å². The van der Waals surface area contributed by atoms with Crippen LogP contribution < -0.4 is 4.74 Å². The number of ether oxygens (including phenoxy) is 1. The number of hydrogen-bond donors (Lipinski definition) is 2. The van der Waals surface area contributed by atoms with Gasteiger partial charge in [0.05, 0.1) is 0 Å². The number of nitrogens with zero attached hydrogens (tertiary/aromatic N) is 1. The van der Waals surface area contributed by atoms with E-state index in [0.29, 0.717) is 36.1 Å². The Bertz CT molecular complexity index is 1240. The minimum atomic E-state index is -0.102. The summed E-state index contributed by atoms with van der Waals surface area (Å²) in [6.45, 7) is 3.84. The maximum absolute atomic E-state index is 13.8. The molecule has 5 heteroatoms. The number of fused-ring (bicyclic) bond motifs is 1. The second-order valence-corrected chi connectivity index (χ2v) is 9.32. The Hall–Kier alpha value is -3.57. The Morgan fingerprint density at radius 3 is 2.40 bits per heavy atom. The van der Waals surface area contributed by atoms with Crippen molar-refractivity contribution in [2.45, 2.75) is 32.1 Å². The van der Waals surface area contributed by atoms with Gasteiger partial charge in [-0.25, -0.2) is 0 Å². The third-order valence-electron chi connectivity index (χ3n) is 7.00. The molecule has 1 saturated heterocycles. The highest BCUT2D eigenvalue weighted by molar-refractivity contribution is 6.35. The van der Waals surface area contributed by atoms with Crippen LogP contribution in [0, 0.1) is 0 Å². The van der Waals surface area contributed by atoms with Crippen LogP contribution in [0.15, 0.2) is 66.7 Å². The van der Waals surface area contributed by atoms with Gasteiger partial charge < -0.3 is 14.9 Å². The molecule has 0 unspecified atom stereocenters. The molecule has 1 aliphatic heterocycles. The molecule has 0 atom stereocenters. The smallest absolute Gasteiger partial charge is 0.193 e. The Labute approximate surface area is 206 Å². The lowest BCUT2D eigenvalue weighted by molar-refractivity contribution is 0.105. The average Bonchev–Trinajstić information content (AvgIpc) is 2.89. The monoisotopic (exact) mass is 469 g/mol. The molecule has 0 aromatic heterocycles. The summed E-state index contributed by atoms with van der Waals surface area (Å²) >= 11 is 0. The largest absolute Gasteiger partial charge is 0.508 e. The minimum Gasteiger partial charge on any atom is -0.508 e. The van der Waals surface area contributed by atoms with Gasteiger partial charge in [-0.05, 0) is 97.9 Å². The number of carbonyl (C=O) groups is 1. The van der Waals surface area contributed by atoms with Crippen molar-refractivity contribution in [1.82, 2.24) is 4.90 Å². The first-order chi connectivity index (χ1) is 17.1. The van der Waals surface area contributed by atoms with Crippen molar-refractivity contribution < 1.29 is 19.7 Å². The molecule has 0 amide bonds. The van der Waals surface area contributed by atoms with Crippen LogP contribution in [0.4, 0.5) is 0 Å². The van der Waals surface area contributed by atoms with Gasteiger partial charge in [0.25, 0.3) is 0 Å². The second kappa shape index (κ2) is 10.4. The average molecular weight is 470 g/mol. The van der Waals surface area contributed by atoms with Crippen molar-refractivity contribution >= 4 is 16.9 Å². The predicted octanol–water partition coefficient (Wildman–Crippen LogP) is 5.70. The summed E-state index contributed by atoms with van der Waals surface area (Å²) in [5, 5.41) is 20.5. The van der Waals surface area contributed by atoms with Crippen LogP contribution in [0.1, 0.15) is 52.7 Å². The third-order valence-corrected chi connectivity index (χ3v) is 7.00. The molecule has 2 aliphatic rings. The van der Waals surface area contributed by atoms with Crippen molar-refractivity contribution in [3.05, 3.63) is 89.0 Å². The lowest BCUT2D eigenvalue weighted by atomic mass is 9.79. The highest BCUT2D eigenvalue weighted by atomic mass is 16.5. The first-order valence-electron chi connectivity index (χ1n) is 12.4. The second-order valence-electron chi connectivity index (χ2n) is 9.32. The number of benzene rings is 3. The molecule has 3 aromatic carbocycles. The molecule has 1 fully saturated rings. The first kappa shape index (κ1) is 23.2. The van der Waals surface area contributed by atoms with Crippen LogP contribution in [0.5, 0.6) is 17.2 Å². The van der Waals surface area contributed by atoms with E-state index in [1.54, 1.807) is 30.3 Å². The zero-order valence-corrected chi connectivity index (χ0v) is 19.9. The molecule has 35 heavy (non-hydrogen) atoms. The molecule has 0 spiro atoms. The van der Waals surface area contributed by atoms with Crippen molar-refractivity contribution in [2.24, 2.45) is 0 Å². The summed E-state index contributed by atoms with van der Waals surface area (Å²) in [4.78, 5) is 16.3. The number of likely N-dealkylation sites (tertiary alicyclic amines) is 1. The van der Waals surface area contributed by atoms with Crippen molar-refractivity contribution in [2.75, 3.05) is 26.2 Å². The normalized spacial score (nSPS) is 16.1. The summed E-state index contributed by atoms with van der Waals surface area (Å²) in [6, 6.07) is 19.6. The number of allylic oxidation sites excluding steroid dienone is 2. The number of aryl methyl sites for hydroxylation is 1. The first-order valence-corrected chi connectivity index (χ1v) is 12.4. The van der Waals surface area contributed by atoms with Crippen molar-refractivity contribution in [3.63, 3.8) is 0 Å². The number of piperidine rings is 1. The molecule has 5 rings (SSSR count). The van der Waals surface area contributed by atoms with E-state index in [0.717, 1.165) is 42.1 Å². The topological polar surface area (TPSA) is 70.0 Å². The Morgan fingerprint density at radius 1 is 0.857 bits per heavy atom. The molecule has 5 nitrogen and oxygen atoms in total. The van der Waals surface area contributed by atoms with E-state index in [4.69, 9.17) is 4.74 Å². The molecule has 0 saturated carbocycles. The fraction of sp³-hybridized carbons (Fsp3) is 0.300. The molecule has 3 aromatic rings. The summed E-state index contributed by atoms with van der Waals surface area (Å²) in [6.07, 6.45) is 5.14. The van der Waals surface area contributed by atoms with Crippen molar-refractivity contribution in [3.8, 4) is 17.2 Å². The molecule has 1 aliphatic carbocycles. The number of carbonyl (C=O) groups excluding carboxylic acids is 1. The maximum atomic E-state index is 13.8. The van der Waals surface area contributed by atoms with Crippen molar-refractivity contribution in [1.29, 1.82) is 0 Å². The summed E-state index contributed by atoms with van der Waals surface area (Å²) < 4.78 is 5.94. The van der Waals surface area contributed by atoms with Crippen LogP contribution in [0.3, 0.4) is 0 Å². The molecule has 0 bridgehead atoms. The van der Waals surface area contributed by atoms with Gasteiger partial charge in [0.1, 0.15) is 23.9 Å². The SMILES string of the molecule is O=C(C1=C(c2ccccc2O)CCc2cc(O)ccc21)c1ccc(OCCN2CCCCC2)cc1. The van der Waals surface area contributed by atoms with Crippen LogP contribution in [-0.2, 0) is 6.42 Å². The zero-order chi connectivity index (χ0) is 24.2. The quantitative estimate of drug-likeness (QED) is 0.434. The van der Waals surface area contributed by atoms with Crippen LogP contribution in [0.25, 0.3) is 11.1 Å².